The van der Waals surface area contributed by atoms with Crippen molar-refractivity contribution < 1.29 is 18.7 Å². The predicted octanol–water partition coefficient (Wildman–Crippen LogP) is 7.93. The van der Waals surface area contributed by atoms with Gasteiger partial charge in [0.05, 0.1) is 5.92 Å². The Kier molecular flexibility index (Phi) is 7.16. The summed E-state index contributed by atoms with van der Waals surface area (Å²) < 4.78 is 25.5. The summed E-state index contributed by atoms with van der Waals surface area (Å²) in [5.41, 5.74) is 0.713. The molecule has 0 unspecified atom stereocenters. The van der Waals surface area contributed by atoms with Gasteiger partial charge in [-0.3, -0.25) is 4.79 Å². The summed E-state index contributed by atoms with van der Waals surface area (Å²) in [6.07, 6.45) is 0.621. The first kappa shape index (κ1) is 24.8. The van der Waals surface area contributed by atoms with Crippen molar-refractivity contribution in [1.82, 2.24) is 0 Å². The van der Waals surface area contributed by atoms with Gasteiger partial charge in [0, 0.05) is 15.6 Å². The summed E-state index contributed by atoms with van der Waals surface area (Å²) in [6.45, 7) is 3.88. The number of carbonyl (C=O) groups excluding carboxylic acids is 1. The lowest BCUT2D eigenvalue weighted by Crippen LogP contribution is -2.14. The minimum atomic E-state index is -1.21. The van der Waals surface area contributed by atoms with Crippen LogP contribution in [-0.2, 0) is 9.53 Å². The molecule has 3 aromatic rings. The first-order valence-electron chi connectivity index (χ1n) is 11.0. The number of hydrogen-bond acceptors (Lipinski definition) is 4. The first-order chi connectivity index (χ1) is 16.7. The van der Waals surface area contributed by atoms with E-state index in [0.717, 1.165) is 5.56 Å². The van der Waals surface area contributed by atoms with Crippen LogP contribution in [0.3, 0.4) is 0 Å². The zero-order valence-electron chi connectivity index (χ0n) is 19.0. The van der Waals surface area contributed by atoms with E-state index in [1.807, 2.05) is 32.1 Å². The maximum atomic E-state index is 14.3. The Hall–Kier alpha value is -3.33. The number of rotatable bonds is 7. The summed E-state index contributed by atoms with van der Waals surface area (Å²) >= 11 is 12.4. The van der Waals surface area contributed by atoms with E-state index in [0.29, 0.717) is 21.4 Å². The highest BCUT2D eigenvalue weighted by molar-refractivity contribution is 6.48. The van der Waals surface area contributed by atoms with Gasteiger partial charge in [-0.05, 0) is 53.3 Å². The summed E-state index contributed by atoms with van der Waals surface area (Å²) in [6, 6.07) is 21.7. The standard InChI is InChI=1S/C28H22Cl2FNO3/c1-28(2)21(15-22(30)17-8-11-19(29)12-9-17)26(28)27(33)35-25(16-32)18-10-13-23(31)24(14-18)34-20-6-4-3-5-7-20/h3-15,21,25-26H,1-2H3/t21-,25-,26+/m1/s1. The van der Waals surface area contributed by atoms with E-state index < -0.39 is 29.2 Å². The van der Waals surface area contributed by atoms with Crippen LogP contribution in [0.1, 0.15) is 31.1 Å². The van der Waals surface area contributed by atoms with E-state index >= 15 is 0 Å². The topological polar surface area (TPSA) is 59.3 Å². The van der Waals surface area contributed by atoms with Crippen molar-refractivity contribution in [2.24, 2.45) is 17.3 Å². The molecule has 0 aliphatic heterocycles. The number of ether oxygens (including phenoxy) is 2. The zero-order chi connectivity index (χ0) is 25.2. The Morgan fingerprint density at radius 2 is 1.80 bits per heavy atom. The molecule has 4 rings (SSSR count). The monoisotopic (exact) mass is 509 g/mol. The van der Waals surface area contributed by atoms with Gasteiger partial charge in [0.25, 0.3) is 0 Å². The Morgan fingerprint density at radius 3 is 2.46 bits per heavy atom. The van der Waals surface area contributed by atoms with Crippen LogP contribution < -0.4 is 4.74 Å². The third-order valence-electron chi connectivity index (χ3n) is 6.19. The van der Waals surface area contributed by atoms with Crippen LogP contribution in [0.5, 0.6) is 11.5 Å². The molecule has 4 nitrogen and oxygen atoms in total. The molecule has 178 valence electrons. The van der Waals surface area contributed by atoms with Crippen LogP contribution >= 0.6 is 23.2 Å². The molecule has 3 aromatic carbocycles. The lowest BCUT2D eigenvalue weighted by atomic mass is 10.1. The fourth-order valence-corrected chi connectivity index (χ4v) is 4.42. The molecule has 0 amide bonds. The first-order valence-corrected chi connectivity index (χ1v) is 11.7. The van der Waals surface area contributed by atoms with E-state index in [2.05, 4.69) is 0 Å². The molecule has 1 saturated carbocycles. The van der Waals surface area contributed by atoms with Crippen LogP contribution in [0.2, 0.25) is 5.02 Å². The molecular weight excluding hydrogens is 488 g/mol. The maximum absolute atomic E-state index is 14.3. The van der Waals surface area contributed by atoms with Gasteiger partial charge in [0.15, 0.2) is 11.6 Å². The average Bonchev–Trinajstić information content (AvgIpc) is 3.39. The maximum Gasteiger partial charge on any atom is 0.311 e. The summed E-state index contributed by atoms with van der Waals surface area (Å²) in [4.78, 5) is 13.0. The Morgan fingerprint density at radius 1 is 1.11 bits per heavy atom. The highest BCUT2D eigenvalue weighted by atomic mass is 35.5. The van der Waals surface area contributed by atoms with Crippen LogP contribution in [0.4, 0.5) is 4.39 Å². The molecule has 0 saturated heterocycles. The molecule has 0 spiro atoms. The van der Waals surface area contributed by atoms with E-state index in [9.17, 15) is 14.4 Å². The number of nitrogens with zero attached hydrogens (tertiary/aromatic N) is 1. The molecule has 1 fully saturated rings. The van der Waals surface area contributed by atoms with Gasteiger partial charge in [0.2, 0.25) is 6.10 Å². The quantitative estimate of drug-likeness (QED) is 0.303. The summed E-state index contributed by atoms with van der Waals surface area (Å²) in [5.74, 6) is -1.36. The second-order valence-electron chi connectivity index (χ2n) is 8.90. The lowest BCUT2D eigenvalue weighted by Gasteiger charge is -2.14. The largest absolute Gasteiger partial charge is 0.454 e. The molecule has 0 aromatic heterocycles. The number of hydrogen-bond donors (Lipinski definition) is 0. The number of esters is 1. The van der Waals surface area contributed by atoms with Crippen LogP contribution in [0.15, 0.2) is 78.9 Å². The minimum Gasteiger partial charge on any atom is -0.454 e. The molecule has 0 heterocycles. The summed E-state index contributed by atoms with van der Waals surface area (Å²) in [5, 5.41) is 10.8. The molecule has 1 aliphatic carbocycles. The molecule has 0 N–H and O–H groups in total. The van der Waals surface area contributed by atoms with Crippen molar-refractivity contribution in [3.05, 3.63) is 101 Å². The predicted molar refractivity (Wildman–Crippen MR) is 133 cm³/mol. The fraction of sp³-hybridized carbons (Fsp3) is 0.214. The zero-order valence-corrected chi connectivity index (χ0v) is 20.6. The number of nitriles is 1. The van der Waals surface area contributed by atoms with Gasteiger partial charge >= 0.3 is 5.97 Å². The second kappa shape index (κ2) is 10.1. The van der Waals surface area contributed by atoms with Crippen molar-refractivity contribution in [2.75, 3.05) is 0 Å². The lowest BCUT2D eigenvalue weighted by molar-refractivity contribution is -0.149. The van der Waals surface area contributed by atoms with Crippen molar-refractivity contribution in [3.63, 3.8) is 0 Å². The number of halogens is 3. The molecule has 0 radical (unpaired) electrons. The number of para-hydroxylation sites is 1. The minimum absolute atomic E-state index is 0.0627. The molecule has 0 bridgehead atoms. The Bertz CT molecular complexity index is 1300. The van der Waals surface area contributed by atoms with E-state index in [1.165, 1.54) is 18.2 Å². The third-order valence-corrected chi connectivity index (χ3v) is 6.79. The molecule has 35 heavy (non-hydrogen) atoms. The third kappa shape index (κ3) is 5.51. The molecule has 3 atom stereocenters. The molecule has 7 heteroatoms. The Labute approximate surface area is 213 Å². The van der Waals surface area contributed by atoms with Gasteiger partial charge in [-0.2, -0.15) is 5.26 Å². The van der Waals surface area contributed by atoms with Crippen molar-refractivity contribution >= 4 is 34.2 Å². The van der Waals surface area contributed by atoms with E-state index in [-0.39, 0.29) is 11.7 Å². The van der Waals surface area contributed by atoms with Gasteiger partial charge < -0.3 is 9.47 Å². The highest BCUT2D eigenvalue weighted by Crippen LogP contribution is 2.60. The van der Waals surface area contributed by atoms with Crippen LogP contribution in [0.25, 0.3) is 5.03 Å². The summed E-state index contributed by atoms with van der Waals surface area (Å²) in [7, 11) is 0. The normalized spacial score (nSPS) is 19.4. The SMILES string of the molecule is CC1(C)[C@H](C=C(Cl)c2ccc(Cl)cc2)[C@H]1C(=O)O[C@H](C#N)c1ccc(F)c(Oc2ccccc2)c1. The van der Waals surface area contributed by atoms with Crippen LogP contribution in [-0.4, -0.2) is 5.97 Å². The molecule has 1 aliphatic rings. The van der Waals surface area contributed by atoms with E-state index in [1.54, 1.807) is 48.5 Å². The Balaban J connectivity index is 1.49. The van der Waals surface area contributed by atoms with Crippen molar-refractivity contribution in [3.8, 4) is 17.6 Å². The van der Waals surface area contributed by atoms with Gasteiger partial charge in [0.1, 0.15) is 11.8 Å². The highest BCUT2D eigenvalue weighted by Gasteiger charge is 2.62. The van der Waals surface area contributed by atoms with Gasteiger partial charge in [-0.15, -0.1) is 0 Å². The van der Waals surface area contributed by atoms with Crippen LogP contribution in [0, 0.1) is 34.4 Å². The van der Waals surface area contributed by atoms with E-state index in [4.69, 9.17) is 32.7 Å². The van der Waals surface area contributed by atoms with Crippen molar-refractivity contribution in [1.29, 1.82) is 5.26 Å². The molecular formula is C28H22Cl2FNO3. The second-order valence-corrected chi connectivity index (χ2v) is 9.74. The number of benzene rings is 3. The average molecular weight is 510 g/mol. The van der Waals surface area contributed by atoms with Gasteiger partial charge in [-0.1, -0.05) is 79.5 Å². The van der Waals surface area contributed by atoms with Crippen molar-refractivity contribution in [2.45, 2.75) is 20.0 Å². The fourth-order valence-electron chi connectivity index (χ4n) is 4.04. The number of allylic oxidation sites excluding steroid dienone is 1. The number of carbonyl (C=O) groups is 1. The smallest absolute Gasteiger partial charge is 0.311 e. The van der Waals surface area contributed by atoms with Gasteiger partial charge in [-0.25, -0.2) is 4.39 Å².